The molecule has 5 nitrogen and oxygen atoms in total. The van der Waals surface area contributed by atoms with Crippen molar-refractivity contribution in [2.24, 2.45) is 5.92 Å². The summed E-state index contributed by atoms with van der Waals surface area (Å²) in [6.45, 7) is 8.30. The summed E-state index contributed by atoms with van der Waals surface area (Å²) in [5.41, 5.74) is 7.45. The summed E-state index contributed by atoms with van der Waals surface area (Å²) in [4.78, 5) is 26.3. The van der Waals surface area contributed by atoms with Crippen LogP contribution in [0.2, 0.25) is 0 Å². The Morgan fingerprint density at radius 3 is 2.64 bits per heavy atom. The number of anilines is 1. The number of carbonyl (C=O) groups is 2. The highest BCUT2D eigenvalue weighted by atomic mass is 16.6. The van der Waals surface area contributed by atoms with Crippen LogP contribution in [0.3, 0.4) is 0 Å². The number of hydrogen-bond acceptors (Lipinski definition) is 4. The molecule has 1 heterocycles. The zero-order valence-corrected chi connectivity index (χ0v) is 13.7. The minimum atomic E-state index is -0.528. The minimum Gasteiger partial charge on any atom is -0.444 e. The fourth-order valence-corrected chi connectivity index (χ4v) is 2.58. The average Bonchev–Trinajstić information content (AvgIpc) is 2.89. The highest BCUT2D eigenvalue weighted by Crippen LogP contribution is 2.26. The van der Waals surface area contributed by atoms with Gasteiger partial charge in [0, 0.05) is 30.3 Å². The van der Waals surface area contributed by atoms with Crippen molar-refractivity contribution in [3.05, 3.63) is 29.3 Å². The Morgan fingerprint density at radius 2 is 2.00 bits per heavy atom. The molecule has 1 aliphatic rings. The number of hydrogen-bond donors (Lipinski definition) is 1. The maximum atomic E-state index is 12.6. The molecular formula is C17H24N2O3. The van der Waals surface area contributed by atoms with E-state index in [0.717, 1.165) is 5.56 Å². The predicted octanol–water partition coefficient (Wildman–Crippen LogP) is 3.02. The molecule has 1 aliphatic heterocycles. The lowest BCUT2D eigenvalue weighted by Gasteiger charge is -2.24. The number of amides is 1. The van der Waals surface area contributed by atoms with Crippen LogP contribution in [-0.4, -0.2) is 35.5 Å². The first-order valence-corrected chi connectivity index (χ1v) is 7.56. The topological polar surface area (TPSA) is 72.6 Å². The van der Waals surface area contributed by atoms with Crippen LogP contribution in [0.5, 0.6) is 0 Å². The van der Waals surface area contributed by atoms with Crippen LogP contribution < -0.4 is 5.73 Å². The van der Waals surface area contributed by atoms with E-state index in [1.54, 1.807) is 11.0 Å². The van der Waals surface area contributed by atoms with E-state index in [4.69, 9.17) is 10.5 Å². The number of ether oxygens (including phenoxy) is 1. The van der Waals surface area contributed by atoms with Crippen molar-refractivity contribution in [2.45, 2.75) is 39.7 Å². The predicted molar refractivity (Wildman–Crippen MR) is 85.8 cm³/mol. The molecule has 22 heavy (non-hydrogen) atoms. The molecule has 1 aromatic rings. The van der Waals surface area contributed by atoms with E-state index in [1.165, 1.54) is 0 Å². The van der Waals surface area contributed by atoms with E-state index in [2.05, 4.69) is 0 Å². The number of nitrogens with two attached hydrogens (primary N) is 1. The molecule has 0 radical (unpaired) electrons. The van der Waals surface area contributed by atoms with Crippen LogP contribution in [0.4, 0.5) is 10.5 Å². The summed E-state index contributed by atoms with van der Waals surface area (Å²) in [6, 6.07) is 5.47. The molecule has 0 aliphatic carbocycles. The Kier molecular flexibility index (Phi) is 4.44. The first kappa shape index (κ1) is 16.3. The van der Waals surface area contributed by atoms with Crippen molar-refractivity contribution in [3.8, 4) is 0 Å². The van der Waals surface area contributed by atoms with Gasteiger partial charge in [-0.05, 0) is 45.7 Å². The highest BCUT2D eigenvalue weighted by molar-refractivity contribution is 6.03. The SMILES string of the molecule is Cc1cccc(C(=O)C2CCN(C(=O)OC(C)(C)C)C2)c1N. The van der Waals surface area contributed by atoms with Crippen LogP contribution in [0, 0.1) is 12.8 Å². The highest BCUT2D eigenvalue weighted by Gasteiger charge is 2.34. The van der Waals surface area contributed by atoms with Gasteiger partial charge in [-0.2, -0.15) is 0 Å². The number of Topliss-reactive ketones (excluding diaryl/α,β-unsaturated/α-hetero) is 1. The summed E-state index contributed by atoms with van der Waals surface area (Å²) in [5, 5.41) is 0. The molecular weight excluding hydrogens is 280 g/mol. The molecule has 0 saturated carbocycles. The van der Waals surface area contributed by atoms with Crippen molar-refractivity contribution >= 4 is 17.6 Å². The fourth-order valence-electron chi connectivity index (χ4n) is 2.58. The minimum absolute atomic E-state index is 0.00672. The van der Waals surface area contributed by atoms with Crippen molar-refractivity contribution < 1.29 is 14.3 Å². The number of benzene rings is 1. The number of para-hydroxylation sites is 1. The second kappa shape index (κ2) is 5.99. The summed E-state index contributed by atoms with van der Waals surface area (Å²) in [6.07, 6.45) is 0.283. The normalized spacial score (nSPS) is 18.4. The summed E-state index contributed by atoms with van der Waals surface area (Å²) in [7, 11) is 0. The Labute approximate surface area is 131 Å². The van der Waals surface area contributed by atoms with E-state index < -0.39 is 5.60 Å². The van der Waals surface area contributed by atoms with Crippen molar-refractivity contribution in [3.63, 3.8) is 0 Å². The third-order valence-electron chi connectivity index (χ3n) is 3.80. The fraction of sp³-hybridized carbons (Fsp3) is 0.529. The number of carbonyl (C=O) groups excluding carboxylic acids is 2. The number of ketones is 1. The van der Waals surface area contributed by atoms with Gasteiger partial charge in [-0.1, -0.05) is 12.1 Å². The van der Waals surface area contributed by atoms with Gasteiger partial charge in [0.15, 0.2) is 5.78 Å². The zero-order chi connectivity index (χ0) is 16.5. The molecule has 1 saturated heterocycles. The molecule has 1 amide bonds. The van der Waals surface area contributed by atoms with Crippen LogP contribution in [-0.2, 0) is 4.74 Å². The van der Waals surface area contributed by atoms with E-state index >= 15 is 0 Å². The van der Waals surface area contributed by atoms with Crippen molar-refractivity contribution in [1.29, 1.82) is 0 Å². The van der Waals surface area contributed by atoms with Gasteiger partial charge in [0.25, 0.3) is 0 Å². The van der Waals surface area contributed by atoms with Crippen molar-refractivity contribution in [1.82, 2.24) is 4.90 Å². The number of rotatable bonds is 2. The Hall–Kier alpha value is -2.04. The smallest absolute Gasteiger partial charge is 0.410 e. The van der Waals surface area contributed by atoms with Gasteiger partial charge < -0.3 is 15.4 Å². The van der Waals surface area contributed by atoms with Crippen LogP contribution in [0.15, 0.2) is 18.2 Å². The second-order valence-electron chi connectivity index (χ2n) is 6.81. The maximum Gasteiger partial charge on any atom is 0.410 e. The summed E-state index contributed by atoms with van der Waals surface area (Å²) in [5.74, 6) is -0.205. The van der Waals surface area contributed by atoms with E-state index in [9.17, 15) is 9.59 Å². The Bertz CT molecular complexity index is 590. The number of aryl methyl sites for hydroxylation is 1. The molecule has 1 fully saturated rings. The molecule has 1 atom stereocenters. The van der Waals surface area contributed by atoms with E-state index in [1.807, 2.05) is 39.8 Å². The molecule has 1 aromatic carbocycles. The molecule has 120 valence electrons. The van der Waals surface area contributed by atoms with Crippen LogP contribution >= 0.6 is 0 Å². The standard InChI is InChI=1S/C17H24N2O3/c1-11-6-5-7-13(14(11)18)15(20)12-8-9-19(10-12)16(21)22-17(2,3)4/h5-7,12H,8-10,18H2,1-4H3. The first-order chi connectivity index (χ1) is 10.2. The lowest BCUT2D eigenvalue weighted by atomic mass is 9.94. The maximum absolute atomic E-state index is 12.6. The molecule has 0 aromatic heterocycles. The number of nitrogen functional groups attached to an aromatic ring is 1. The van der Waals surface area contributed by atoms with Crippen molar-refractivity contribution in [2.75, 3.05) is 18.8 Å². The van der Waals surface area contributed by atoms with E-state index in [-0.39, 0.29) is 17.8 Å². The lowest BCUT2D eigenvalue weighted by molar-refractivity contribution is 0.0289. The molecule has 5 heteroatoms. The lowest BCUT2D eigenvalue weighted by Crippen LogP contribution is -2.35. The monoisotopic (exact) mass is 304 g/mol. The Morgan fingerprint density at radius 1 is 1.32 bits per heavy atom. The summed E-state index contributed by atoms with van der Waals surface area (Å²) >= 11 is 0. The van der Waals surface area contributed by atoms with Gasteiger partial charge in [0.05, 0.1) is 0 Å². The summed E-state index contributed by atoms with van der Waals surface area (Å²) < 4.78 is 5.35. The first-order valence-electron chi connectivity index (χ1n) is 7.56. The number of nitrogens with zero attached hydrogens (tertiary/aromatic N) is 1. The molecule has 2 N–H and O–H groups in total. The average molecular weight is 304 g/mol. The third kappa shape index (κ3) is 3.59. The quantitative estimate of drug-likeness (QED) is 0.673. The molecule has 1 unspecified atom stereocenters. The molecule has 0 bridgehead atoms. The number of likely N-dealkylation sites (tertiary alicyclic amines) is 1. The van der Waals surface area contributed by atoms with Gasteiger partial charge in [-0.15, -0.1) is 0 Å². The van der Waals surface area contributed by atoms with Gasteiger partial charge in [0.1, 0.15) is 5.60 Å². The van der Waals surface area contributed by atoms with Gasteiger partial charge >= 0.3 is 6.09 Å². The van der Waals surface area contributed by atoms with Gasteiger partial charge in [-0.25, -0.2) is 4.79 Å². The van der Waals surface area contributed by atoms with E-state index in [0.29, 0.717) is 30.8 Å². The largest absolute Gasteiger partial charge is 0.444 e. The van der Waals surface area contributed by atoms with Gasteiger partial charge in [-0.3, -0.25) is 4.79 Å². The Balaban J connectivity index is 2.05. The van der Waals surface area contributed by atoms with Gasteiger partial charge in [0.2, 0.25) is 0 Å². The second-order valence-corrected chi connectivity index (χ2v) is 6.81. The van der Waals surface area contributed by atoms with Crippen LogP contribution in [0.1, 0.15) is 43.1 Å². The van der Waals surface area contributed by atoms with Crippen LogP contribution in [0.25, 0.3) is 0 Å². The third-order valence-corrected chi connectivity index (χ3v) is 3.80. The molecule has 0 spiro atoms. The molecule has 2 rings (SSSR count). The zero-order valence-electron chi connectivity index (χ0n) is 13.7.